The van der Waals surface area contributed by atoms with E-state index in [2.05, 4.69) is 31.7 Å². The Labute approximate surface area is 281 Å². The summed E-state index contributed by atoms with van der Waals surface area (Å²) in [6.07, 6.45) is 14.6. The highest BCUT2D eigenvalue weighted by molar-refractivity contribution is 5.91. The fourth-order valence-electron chi connectivity index (χ4n) is 7.36. The lowest BCUT2D eigenvalue weighted by Crippen LogP contribution is -2.49. The number of rotatable bonds is 8. The van der Waals surface area contributed by atoms with E-state index in [1.54, 1.807) is 17.1 Å². The molecule has 4 aromatic rings. The van der Waals surface area contributed by atoms with Crippen molar-refractivity contribution in [1.29, 1.82) is 5.26 Å². The third-order valence-electron chi connectivity index (χ3n) is 9.85. The first-order chi connectivity index (χ1) is 23.5. The number of anilines is 3. The van der Waals surface area contributed by atoms with Gasteiger partial charge < -0.3 is 20.3 Å². The van der Waals surface area contributed by atoms with E-state index in [4.69, 9.17) is 14.7 Å². The van der Waals surface area contributed by atoms with Crippen molar-refractivity contribution in [2.45, 2.75) is 75.6 Å². The Morgan fingerprint density at radius 2 is 1.88 bits per heavy atom. The van der Waals surface area contributed by atoms with E-state index < -0.39 is 0 Å². The van der Waals surface area contributed by atoms with Crippen molar-refractivity contribution >= 4 is 23.6 Å². The fourth-order valence-corrected chi connectivity index (χ4v) is 7.36. The van der Waals surface area contributed by atoms with Crippen molar-refractivity contribution in [2.75, 3.05) is 34.8 Å². The quantitative estimate of drug-likeness (QED) is 0.257. The molecule has 12 nitrogen and oxygen atoms in total. The zero-order valence-electron chi connectivity index (χ0n) is 27.4. The number of nitriles is 1. The number of hydrogen-bond acceptors (Lipinski definition) is 9. The van der Waals surface area contributed by atoms with Crippen molar-refractivity contribution in [3.8, 4) is 17.2 Å². The second kappa shape index (κ2) is 14.0. The van der Waals surface area contributed by atoms with Crippen molar-refractivity contribution in [1.82, 2.24) is 30.0 Å². The highest BCUT2D eigenvalue weighted by Gasteiger charge is 2.40. The molecule has 2 saturated heterocycles. The molecule has 2 amide bonds. The van der Waals surface area contributed by atoms with Crippen LogP contribution in [-0.2, 0) is 18.3 Å². The van der Waals surface area contributed by atoms with E-state index in [-0.39, 0.29) is 23.7 Å². The number of benzene rings is 1. The van der Waals surface area contributed by atoms with Crippen molar-refractivity contribution in [3.05, 3.63) is 78.4 Å². The molecule has 0 radical (unpaired) electrons. The van der Waals surface area contributed by atoms with Gasteiger partial charge in [-0.2, -0.15) is 15.3 Å². The predicted molar refractivity (Wildman–Crippen MR) is 183 cm³/mol. The summed E-state index contributed by atoms with van der Waals surface area (Å²) < 4.78 is 7.94. The number of piperidine rings is 1. The molecule has 1 aromatic carbocycles. The highest BCUT2D eigenvalue weighted by Crippen LogP contribution is 2.37. The van der Waals surface area contributed by atoms with Crippen LogP contribution in [0.3, 0.4) is 0 Å². The number of nitrogens with one attached hydrogen (secondary N) is 2. The number of hydrogen-bond donors (Lipinski definition) is 2. The van der Waals surface area contributed by atoms with Crippen molar-refractivity contribution < 1.29 is 9.53 Å². The summed E-state index contributed by atoms with van der Waals surface area (Å²) in [5, 5.41) is 20.8. The number of aryl methyl sites for hydroxylation is 1. The van der Waals surface area contributed by atoms with Crippen LogP contribution in [0.1, 0.15) is 62.5 Å². The lowest BCUT2D eigenvalue weighted by molar-refractivity contribution is -0.00637. The zero-order valence-corrected chi connectivity index (χ0v) is 27.4. The largest absolute Gasteiger partial charge is 0.373 e. The van der Waals surface area contributed by atoms with Gasteiger partial charge in [-0.15, -0.1) is 0 Å². The average molecular weight is 647 g/mol. The highest BCUT2D eigenvalue weighted by atomic mass is 16.5. The van der Waals surface area contributed by atoms with Gasteiger partial charge in [0, 0.05) is 68.9 Å². The minimum atomic E-state index is -0.164. The Morgan fingerprint density at radius 1 is 1.04 bits per heavy atom. The molecule has 7 rings (SSSR count). The van der Waals surface area contributed by atoms with Gasteiger partial charge >= 0.3 is 6.03 Å². The first kappa shape index (κ1) is 31.6. The Bertz CT molecular complexity index is 1740. The summed E-state index contributed by atoms with van der Waals surface area (Å²) in [6.45, 7) is 2.84. The van der Waals surface area contributed by atoms with E-state index in [0.29, 0.717) is 29.7 Å². The molecule has 3 fully saturated rings. The van der Waals surface area contributed by atoms with E-state index in [1.807, 2.05) is 66.8 Å². The topological polar surface area (TPSA) is 137 Å². The summed E-state index contributed by atoms with van der Waals surface area (Å²) in [5.74, 6) is 1.83. The normalized spacial score (nSPS) is 22.3. The summed E-state index contributed by atoms with van der Waals surface area (Å²) in [5.41, 5.74) is 3.31. The average Bonchev–Trinajstić information content (AvgIpc) is 3.77. The van der Waals surface area contributed by atoms with E-state index in [0.717, 1.165) is 87.8 Å². The van der Waals surface area contributed by atoms with Crippen LogP contribution in [-0.4, -0.2) is 68.1 Å². The van der Waals surface area contributed by atoms with Crippen molar-refractivity contribution in [2.24, 2.45) is 7.05 Å². The van der Waals surface area contributed by atoms with Crippen LogP contribution in [0.4, 0.5) is 22.4 Å². The van der Waals surface area contributed by atoms with E-state index in [9.17, 15) is 10.1 Å². The van der Waals surface area contributed by atoms with Crippen LogP contribution in [0.25, 0.3) is 11.1 Å². The fraction of sp³-hybridized carbons (Fsp3) is 0.444. The number of ether oxygens (including phenoxy) is 1. The summed E-state index contributed by atoms with van der Waals surface area (Å²) >= 11 is 0. The first-order valence-electron chi connectivity index (χ1n) is 17.0. The van der Waals surface area contributed by atoms with Gasteiger partial charge in [-0.25, -0.2) is 14.8 Å². The predicted octanol–water partition coefficient (Wildman–Crippen LogP) is 5.43. The summed E-state index contributed by atoms with van der Waals surface area (Å²) in [6, 6.07) is 16.1. The standard InChI is InChI=1S/C36H42N10O2/c1-44-24-29(23-41-44)27-9-14-32(38-21-27)46(35(47)40-20-26-7-3-2-4-8-26)31-12-10-30(11-13-31)42-34-39-22-28(19-37)33(43-34)45-17-5-15-36(25-45)16-6-18-48-36/h2-4,7-9,14,21-24,30-31H,5-6,10-13,15-18,20,25H2,1H3,(H,40,47)(H,39,42,43)/t30-,31-,36?. The molecular formula is C36H42N10O2. The molecule has 1 saturated carbocycles. The lowest BCUT2D eigenvalue weighted by atomic mass is 9.90. The Balaban J connectivity index is 1.04. The molecule has 0 bridgehead atoms. The Kier molecular flexibility index (Phi) is 9.20. The SMILES string of the molecule is Cn1cc(-c2ccc(N(C(=O)NCc3ccccc3)[C@H]3CC[C@H](Nc4ncc(C#N)c(N5CCCC6(CCCO6)C5)n4)CC3)nc2)cn1. The molecular weight excluding hydrogens is 604 g/mol. The van der Waals surface area contributed by atoms with E-state index >= 15 is 0 Å². The second-order valence-electron chi connectivity index (χ2n) is 13.2. The van der Waals surface area contributed by atoms with Crippen LogP contribution < -0.4 is 20.4 Å². The number of amides is 2. The molecule has 1 atom stereocenters. The molecule has 1 aliphatic carbocycles. The number of carbonyl (C=O) groups is 1. The maximum atomic E-state index is 13.8. The maximum absolute atomic E-state index is 13.8. The first-order valence-corrected chi connectivity index (χ1v) is 17.0. The molecule has 248 valence electrons. The van der Waals surface area contributed by atoms with Crippen molar-refractivity contribution in [3.63, 3.8) is 0 Å². The molecule has 5 heterocycles. The van der Waals surface area contributed by atoms with Crippen LogP contribution in [0.5, 0.6) is 0 Å². The molecule has 1 spiro atoms. The van der Waals surface area contributed by atoms with Gasteiger partial charge in [-0.3, -0.25) is 9.58 Å². The van der Waals surface area contributed by atoms with Crippen LogP contribution in [0.2, 0.25) is 0 Å². The van der Waals surface area contributed by atoms with Crippen LogP contribution in [0, 0.1) is 11.3 Å². The smallest absolute Gasteiger partial charge is 0.323 e. The van der Waals surface area contributed by atoms with Gasteiger partial charge in [0.1, 0.15) is 17.5 Å². The zero-order chi connectivity index (χ0) is 32.9. The number of urea groups is 1. The second-order valence-corrected chi connectivity index (χ2v) is 13.2. The summed E-state index contributed by atoms with van der Waals surface area (Å²) in [4.78, 5) is 31.9. The molecule has 3 aromatic heterocycles. The maximum Gasteiger partial charge on any atom is 0.323 e. The lowest BCUT2D eigenvalue weighted by Gasteiger charge is -2.40. The van der Waals surface area contributed by atoms with Gasteiger partial charge in [0.25, 0.3) is 0 Å². The Hall–Kier alpha value is -5.02. The molecule has 1 unspecified atom stereocenters. The summed E-state index contributed by atoms with van der Waals surface area (Å²) in [7, 11) is 1.89. The number of carbonyl (C=O) groups excluding carboxylic acids is 1. The van der Waals surface area contributed by atoms with Gasteiger partial charge in [0.15, 0.2) is 5.82 Å². The molecule has 12 heteroatoms. The van der Waals surface area contributed by atoms with Gasteiger partial charge in [-0.05, 0) is 69.1 Å². The number of aromatic nitrogens is 5. The molecule has 3 aliphatic rings. The third kappa shape index (κ3) is 6.96. The van der Waals surface area contributed by atoms with Gasteiger partial charge in [-0.1, -0.05) is 30.3 Å². The number of pyridine rings is 1. The third-order valence-corrected chi connectivity index (χ3v) is 9.85. The van der Waals surface area contributed by atoms with Gasteiger partial charge in [0.2, 0.25) is 5.95 Å². The van der Waals surface area contributed by atoms with Crippen LogP contribution >= 0.6 is 0 Å². The monoisotopic (exact) mass is 646 g/mol. The van der Waals surface area contributed by atoms with E-state index in [1.165, 1.54) is 0 Å². The van der Waals surface area contributed by atoms with Crippen LogP contribution in [0.15, 0.2) is 67.3 Å². The minimum Gasteiger partial charge on any atom is -0.373 e. The molecule has 48 heavy (non-hydrogen) atoms. The minimum absolute atomic E-state index is 0.0241. The molecule has 2 aliphatic heterocycles. The van der Waals surface area contributed by atoms with Gasteiger partial charge in [0.05, 0.1) is 18.0 Å². The number of nitrogens with zero attached hydrogens (tertiary/aromatic N) is 8. The Morgan fingerprint density at radius 3 is 2.58 bits per heavy atom. The molecule has 2 N–H and O–H groups in total.